The molecule has 0 aliphatic carbocycles. The van der Waals surface area contributed by atoms with Crippen LogP contribution in [0.1, 0.15) is 19.4 Å². The van der Waals surface area contributed by atoms with Crippen LogP contribution in [-0.2, 0) is 6.54 Å². The van der Waals surface area contributed by atoms with Crippen LogP contribution in [-0.4, -0.2) is 16.2 Å². The minimum Gasteiger partial charge on any atom is -0.508 e. The van der Waals surface area contributed by atoms with E-state index >= 15 is 0 Å². The number of nitrogens with zero attached hydrogens (tertiary/aromatic N) is 1. The average Bonchev–Trinajstić information content (AvgIpc) is 2.37. The molecule has 0 saturated heterocycles. The summed E-state index contributed by atoms with van der Waals surface area (Å²) in [4.78, 5) is 4.21. The van der Waals surface area contributed by atoms with Gasteiger partial charge in [-0.2, -0.15) is 0 Å². The van der Waals surface area contributed by atoms with Crippen molar-refractivity contribution >= 4 is 5.69 Å². The van der Waals surface area contributed by atoms with E-state index in [1.807, 2.05) is 38.1 Å². The number of benzene rings is 1. The Labute approximate surface area is 113 Å². The van der Waals surface area contributed by atoms with Crippen LogP contribution in [0.5, 0.6) is 11.6 Å². The fraction of sp³-hybridized carbons (Fsp3) is 0.267. The molecule has 2 aromatic rings. The second kappa shape index (κ2) is 6.09. The van der Waals surface area contributed by atoms with Crippen molar-refractivity contribution in [3.05, 3.63) is 48.2 Å². The van der Waals surface area contributed by atoms with E-state index in [-0.39, 0.29) is 11.9 Å². The summed E-state index contributed by atoms with van der Waals surface area (Å²) in [5.74, 6) is 0.863. The van der Waals surface area contributed by atoms with E-state index in [0.29, 0.717) is 12.4 Å². The largest absolute Gasteiger partial charge is 0.508 e. The zero-order chi connectivity index (χ0) is 13.7. The molecule has 0 bridgehead atoms. The number of ether oxygens (including phenoxy) is 1. The molecule has 2 N–H and O–H groups in total. The third-order valence-electron chi connectivity index (χ3n) is 2.51. The van der Waals surface area contributed by atoms with Crippen LogP contribution in [0.2, 0.25) is 0 Å². The first-order valence-electron chi connectivity index (χ1n) is 6.28. The number of aromatic nitrogens is 1. The first kappa shape index (κ1) is 13.2. The van der Waals surface area contributed by atoms with Crippen molar-refractivity contribution in [3.63, 3.8) is 0 Å². The Morgan fingerprint density at radius 3 is 2.84 bits per heavy atom. The lowest BCUT2D eigenvalue weighted by Crippen LogP contribution is -2.10. The first-order chi connectivity index (χ1) is 9.15. The van der Waals surface area contributed by atoms with Gasteiger partial charge in [0.05, 0.1) is 11.8 Å². The van der Waals surface area contributed by atoms with Gasteiger partial charge in [0.1, 0.15) is 5.75 Å². The summed E-state index contributed by atoms with van der Waals surface area (Å²) in [6.45, 7) is 4.54. The van der Waals surface area contributed by atoms with Crippen LogP contribution < -0.4 is 10.1 Å². The lowest BCUT2D eigenvalue weighted by atomic mass is 10.2. The van der Waals surface area contributed by atoms with Gasteiger partial charge < -0.3 is 15.2 Å². The molecule has 2 rings (SSSR count). The van der Waals surface area contributed by atoms with Crippen LogP contribution in [0.3, 0.4) is 0 Å². The van der Waals surface area contributed by atoms with E-state index in [2.05, 4.69) is 10.3 Å². The van der Waals surface area contributed by atoms with E-state index in [9.17, 15) is 5.11 Å². The maximum atomic E-state index is 9.42. The Morgan fingerprint density at radius 2 is 2.11 bits per heavy atom. The maximum Gasteiger partial charge on any atom is 0.237 e. The SMILES string of the molecule is CC(C)Oc1ncccc1NCc1cccc(O)c1. The van der Waals surface area contributed by atoms with Gasteiger partial charge in [0.25, 0.3) is 0 Å². The Balaban J connectivity index is 2.07. The number of hydrogen-bond acceptors (Lipinski definition) is 4. The van der Waals surface area contributed by atoms with Crippen molar-refractivity contribution in [3.8, 4) is 11.6 Å². The van der Waals surface area contributed by atoms with E-state index < -0.39 is 0 Å². The number of hydrogen-bond donors (Lipinski definition) is 2. The number of aromatic hydroxyl groups is 1. The highest BCUT2D eigenvalue weighted by Crippen LogP contribution is 2.22. The molecular formula is C15H18N2O2. The molecule has 19 heavy (non-hydrogen) atoms. The molecule has 0 aliphatic rings. The molecule has 0 radical (unpaired) electrons. The molecule has 0 spiro atoms. The van der Waals surface area contributed by atoms with Crippen molar-refractivity contribution < 1.29 is 9.84 Å². The molecule has 4 nitrogen and oxygen atoms in total. The summed E-state index contributed by atoms with van der Waals surface area (Å²) in [6.07, 6.45) is 1.79. The summed E-state index contributed by atoms with van der Waals surface area (Å²) in [7, 11) is 0. The molecular weight excluding hydrogens is 240 g/mol. The second-order valence-electron chi connectivity index (χ2n) is 4.55. The second-order valence-corrected chi connectivity index (χ2v) is 4.55. The van der Waals surface area contributed by atoms with Crippen molar-refractivity contribution in [2.45, 2.75) is 26.5 Å². The van der Waals surface area contributed by atoms with Gasteiger partial charge in [-0.3, -0.25) is 0 Å². The molecule has 4 heteroatoms. The minimum atomic E-state index is 0.0798. The van der Waals surface area contributed by atoms with Crippen LogP contribution in [0.15, 0.2) is 42.6 Å². The van der Waals surface area contributed by atoms with E-state index in [1.54, 1.807) is 18.3 Å². The minimum absolute atomic E-state index is 0.0798. The zero-order valence-electron chi connectivity index (χ0n) is 11.1. The standard InChI is InChI=1S/C15H18N2O2/c1-11(2)19-15-14(7-4-8-16-15)17-10-12-5-3-6-13(18)9-12/h3-9,11,17-18H,10H2,1-2H3. The highest BCUT2D eigenvalue weighted by atomic mass is 16.5. The molecule has 1 aromatic carbocycles. The zero-order valence-corrected chi connectivity index (χ0v) is 11.1. The van der Waals surface area contributed by atoms with Gasteiger partial charge in [-0.05, 0) is 43.7 Å². The highest BCUT2D eigenvalue weighted by Gasteiger charge is 2.06. The number of nitrogens with one attached hydrogen (secondary N) is 1. The van der Waals surface area contributed by atoms with Crippen molar-refractivity contribution in [1.29, 1.82) is 0 Å². The summed E-state index contributed by atoms with van der Waals surface area (Å²) in [6, 6.07) is 10.9. The fourth-order valence-corrected chi connectivity index (χ4v) is 1.71. The predicted molar refractivity (Wildman–Crippen MR) is 75.4 cm³/mol. The number of pyridine rings is 1. The average molecular weight is 258 g/mol. The Hall–Kier alpha value is -2.23. The van der Waals surface area contributed by atoms with Gasteiger partial charge in [-0.15, -0.1) is 0 Å². The molecule has 1 heterocycles. The number of phenols is 1. The monoisotopic (exact) mass is 258 g/mol. The Kier molecular flexibility index (Phi) is 4.23. The normalized spacial score (nSPS) is 10.5. The van der Waals surface area contributed by atoms with Gasteiger partial charge in [0.15, 0.2) is 0 Å². The molecule has 100 valence electrons. The molecule has 0 saturated carbocycles. The molecule has 0 aliphatic heterocycles. The summed E-state index contributed by atoms with van der Waals surface area (Å²) >= 11 is 0. The quantitative estimate of drug-likeness (QED) is 0.864. The molecule has 0 amide bonds. The molecule has 0 unspecified atom stereocenters. The van der Waals surface area contributed by atoms with Crippen LogP contribution >= 0.6 is 0 Å². The third-order valence-corrected chi connectivity index (χ3v) is 2.51. The predicted octanol–water partition coefficient (Wildman–Crippen LogP) is 3.19. The summed E-state index contributed by atoms with van der Waals surface area (Å²) in [5.41, 5.74) is 1.85. The Bertz CT molecular complexity index is 541. The lowest BCUT2D eigenvalue weighted by Gasteiger charge is -2.14. The number of phenolic OH excluding ortho intramolecular Hbond substituents is 1. The smallest absolute Gasteiger partial charge is 0.237 e. The summed E-state index contributed by atoms with van der Waals surface area (Å²) < 4.78 is 5.63. The van der Waals surface area contributed by atoms with Crippen LogP contribution in [0.25, 0.3) is 0 Å². The van der Waals surface area contributed by atoms with Crippen LogP contribution in [0.4, 0.5) is 5.69 Å². The van der Waals surface area contributed by atoms with Crippen LogP contribution in [0, 0.1) is 0 Å². The highest BCUT2D eigenvalue weighted by molar-refractivity contribution is 5.52. The van der Waals surface area contributed by atoms with E-state index in [4.69, 9.17) is 4.74 Å². The fourth-order valence-electron chi connectivity index (χ4n) is 1.71. The molecule has 1 aromatic heterocycles. The van der Waals surface area contributed by atoms with Gasteiger partial charge in [-0.25, -0.2) is 4.98 Å². The van der Waals surface area contributed by atoms with E-state index in [0.717, 1.165) is 11.3 Å². The van der Waals surface area contributed by atoms with Crippen molar-refractivity contribution in [2.24, 2.45) is 0 Å². The number of rotatable bonds is 5. The van der Waals surface area contributed by atoms with Gasteiger partial charge >= 0.3 is 0 Å². The maximum absolute atomic E-state index is 9.42. The third kappa shape index (κ3) is 3.88. The van der Waals surface area contributed by atoms with Crippen molar-refractivity contribution in [1.82, 2.24) is 4.98 Å². The molecule has 0 fully saturated rings. The summed E-state index contributed by atoms with van der Waals surface area (Å²) in [5, 5.41) is 12.7. The van der Waals surface area contributed by atoms with E-state index in [1.165, 1.54) is 0 Å². The molecule has 0 atom stereocenters. The first-order valence-corrected chi connectivity index (χ1v) is 6.28. The van der Waals surface area contributed by atoms with Gasteiger partial charge in [-0.1, -0.05) is 12.1 Å². The lowest BCUT2D eigenvalue weighted by molar-refractivity contribution is 0.234. The topological polar surface area (TPSA) is 54.4 Å². The van der Waals surface area contributed by atoms with Gasteiger partial charge in [0, 0.05) is 12.7 Å². The number of anilines is 1. The van der Waals surface area contributed by atoms with Gasteiger partial charge in [0.2, 0.25) is 5.88 Å². The van der Waals surface area contributed by atoms with Crippen molar-refractivity contribution in [2.75, 3.05) is 5.32 Å². The Morgan fingerprint density at radius 1 is 1.26 bits per heavy atom.